The maximum Gasteiger partial charge on any atom is 0.259 e. The number of benzene rings is 2. The lowest BCUT2D eigenvalue weighted by Gasteiger charge is -2.29. The van der Waals surface area contributed by atoms with Crippen molar-refractivity contribution in [2.24, 2.45) is 0 Å². The van der Waals surface area contributed by atoms with E-state index >= 15 is 0 Å². The van der Waals surface area contributed by atoms with Gasteiger partial charge in [-0.3, -0.25) is 19.8 Å². The summed E-state index contributed by atoms with van der Waals surface area (Å²) in [5.41, 5.74) is 8.29. The van der Waals surface area contributed by atoms with Gasteiger partial charge in [-0.2, -0.15) is 0 Å². The van der Waals surface area contributed by atoms with Crippen LogP contribution in [0.1, 0.15) is 64.1 Å². The summed E-state index contributed by atoms with van der Waals surface area (Å²) < 4.78 is 1.76. The fourth-order valence-corrected chi connectivity index (χ4v) is 4.77. The first kappa shape index (κ1) is 24.9. The Morgan fingerprint density at radius 3 is 2.32 bits per heavy atom. The number of nitrogens with one attached hydrogen (secondary N) is 3. The van der Waals surface area contributed by atoms with Gasteiger partial charge in [0.25, 0.3) is 11.8 Å². The van der Waals surface area contributed by atoms with Crippen LogP contribution in [0.2, 0.25) is 0 Å². The first-order valence-corrected chi connectivity index (χ1v) is 12.8. The fraction of sp³-hybridized carbons (Fsp3) is 0.345. The van der Waals surface area contributed by atoms with E-state index < -0.39 is 17.2 Å². The molecule has 3 N–H and O–H groups in total. The molecule has 0 spiro atoms. The number of hydrogen-bond acceptors (Lipinski definition) is 5. The van der Waals surface area contributed by atoms with Gasteiger partial charge < -0.3 is 14.8 Å². The van der Waals surface area contributed by atoms with Crippen LogP contribution in [0.25, 0.3) is 0 Å². The van der Waals surface area contributed by atoms with E-state index in [0.717, 1.165) is 24.8 Å². The van der Waals surface area contributed by atoms with Crippen LogP contribution in [0.4, 0.5) is 0 Å². The molecule has 2 amide bonds. The summed E-state index contributed by atoms with van der Waals surface area (Å²) in [6.07, 6.45) is 5.75. The molecule has 8 heteroatoms. The predicted octanol–water partition coefficient (Wildman–Crippen LogP) is 2.86. The Morgan fingerprint density at radius 2 is 1.65 bits per heavy atom. The molecule has 3 unspecified atom stereocenters. The Hall–Kier alpha value is -3.75. The summed E-state index contributed by atoms with van der Waals surface area (Å²) in [7, 11) is 1.71. The first-order valence-electron chi connectivity index (χ1n) is 12.8. The lowest BCUT2D eigenvalue weighted by molar-refractivity contribution is 0.0713. The third-order valence-electron chi connectivity index (χ3n) is 7.32. The lowest BCUT2D eigenvalue weighted by atomic mass is 9.98. The highest BCUT2D eigenvalue weighted by Gasteiger charge is 2.34. The van der Waals surface area contributed by atoms with E-state index in [0.29, 0.717) is 6.54 Å². The largest absolute Gasteiger partial charge is 0.349 e. The maximum atomic E-state index is 13.7. The van der Waals surface area contributed by atoms with Crippen molar-refractivity contribution in [3.8, 4) is 0 Å². The fourth-order valence-electron chi connectivity index (χ4n) is 4.77. The molecule has 2 aromatic carbocycles. The molecule has 1 saturated carbocycles. The van der Waals surface area contributed by atoms with Crippen molar-refractivity contribution in [2.45, 2.75) is 56.9 Å². The Labute approximate surface area is 216 Å². The van der Waals surface area contributed by atoms with Crippen molar-refractivity contribution in [2.75, 3.05) is 7.05 Å². The summed E-state index contributed by atoms with van der Waals surface area (Å²) in [6.45, 7) is 2.41. The Morgan fingerprint density at radius 1 is 1.00 bits per heavy atom. The minimum absolute atomic E-state index is 0.000432. The van der Waals surface area contributed by atoms with Gasteiger partial charge in [0, 0.05) is 50.2 Å². The van der Waals surface area contributed by atoms with E-state index in [1.54, 1.807) is 28.9 Å². The molecule has 1 aromatic heterocycles. The molecule has 37 heavy (non-hydrogen) atoms. The number of carbonyl (C=O) groups excluding carboxylic acids is 2. The molecule has 0 radical (unpaired) electrons. The van der Waals surface area contributed by atoms with Gasteiger partial charge in [0.05, 0.1) is 0 Å². The van der Waals surface area contributed by atoms with E-state index in [2.05, 4.69) is 28.3 Å². The van der Waals surface area contributed by atoms with Crippen LogP contribution in [-0.4, -0.2) is 46.5 Å². The minimum atomic E-state index is -0.536. The highest BCUT2D eigenvalue weighted by molar-refractivity contribution is 5.99. The Kier molecular flexibility index (Phi) is 7.21. The minimum Gasteiger partial charge on any atom is -0.349 e. The molecule has 2 heterocycles. The molecule has 192 valence electrons. The maximum absolute atomic E-state index is 13.7. The topological polar surface area (TPSA) is 95.5 Å². The Bertz CT molecular complexity index is 1320. The van der Waals surface area contributed by atoms with Gasteiger partial charge in [-0.25, -0.2) is 5.43 Å². The van der Waals surface area contributed by atoms with Gasteiger partial charge in [0.15, 0.2) is 0 Å². The lowest BCUT2D eigenvalue weighted by Crippen LogP contribution is -2.49. The van der Waals surface area contributed by atoms with Crippen LogP contribution >= 0.6 is 0 Å². The van der Waals surface area contributed by atoms with Gasteiger partial charge in [-0.1, -0.05) is 60.7 Å². The highest BCUT2D eigenvalue weighted by Crippen LogP contribution is 2.25. The molecule has 1 aliphatic carbocycles. The number of nitrogens with zero attached hydrogens (tertiary/aromatic N) is 2. The Balaban J connectivity index is 1.39. The van der Waals surface area contributed by atoms with Crippen LogP contribution in [0.5, 0.6) is 0 Å². The van der Waals surface area contributed by atoms with Crippen LogP contribution in [-0.2, 0) is 6.54 Å². The van der Waals surface area contributed by atoms with Crippen molar-refractivity contribution in [3.05, 3.63) is 106 Å². The van der Waals surface area contributed by atoms with Crippen LogP contribution in [0, 0.1) is 0 Å². The monoisotopic (exact) mass is 499 g/mol. The molecule has 8 nitrogen and oxygen atoms in total. The summed E-state index contributed by atoms with van der Waals surface area (Å²) in [5.74, 6) is -0.822. The van der Waals surface area contributed by atoms with E-state index in [-0.39, 0.29) is 35.3 Å². The normalized spacial score (nSPS) is 19.8. The standard InChI is InChI=1S/C29H33N5O3/c1-19(25-15-26(32-31-25)21-11-7-4-8-12-21)33(2)29(37)24-18-34(16-20-9-5-3-6-10-20)17-23(27(24)35)28(36)30-22-13-14-22/h3-12,17-19,22,25-26,31-32H,13-16H2,1-2H3,(H,30,36). The van der Waals surface area contributed by atoms with Gasteiger partial charge in [0.2, 0.25) is 5.43 Å². The first-order chi connectivity index (χ1) is 17.9. The zero-order valence-corrected chi connectivity index (χ0v) is 21.2. The van der Waals surface area contributed by atoms with Crippen molar-refractivity contribution in [1.82, 2.24) is 25.6 Å². The second-order valence-electron chi connectivity index (χ2n) is 10.1. The summed E-state index contributed by atoms with van der Waals surface area (Å²) in [6, 6.07) is 20.0. The molecular weight excluding hydrogens is 466 g/mol. The van der Waals surface area contributed by atoms with E-state index in [4.69, 9.17) is 0 Å². The van der Waals surface area contributed by atoms with Crippen molar-refractivity contribution in [3.63, 3.8) is 0 Å². The highest BCUT2D eigenvalue weighted by atomic mass is 16.2. The van der Waals surface area contributed by atoms with Crippen LogP contribution < -0.4 is 21.6 Å². The predicted molar refractivity (Wildman–Crippen MR) is 142 cm³/mol. The number of aromatic nitrogens is 1. The van der Waals surface area contributed by atoms with Gasteiger partial charge >= 0.3 is 0 Å². The number of hydrazine groups is 1. The quantitative estimate of drug-likeness (QED) is 0.443. The van der Waals surface area contributed by atoms with Gasteiger partial charge in [-0.05, 0) is 37.3 Å². The smallest absolute Gasteiger partial charge is 0.259 e. The van der Waals surface area contributed by atoms with Crippen molar-refractivity contribution >= 4 is 11.8 Å². The second kappa shape index (κ2) is 10.7. The molecule has 2 fully saturated rings. The molecular formula is C29H33N5O3. The summed E-state index contributed by atoms with van der Waals surface area (Å²) in [5, 5.41) is 2.89. The number of amides is 2. The average molecular weight is 500 g/mol. The number of likely N-dealkylation sites (N-methyl/N-ethyl adjacent to an activating group) is 1. The third kappa shape index (κ3) is 5.65. The average Bonchev–Trinajstić information content (AvgIpc) is 3.60. The van der Waals surface area contributed by atoms with E-state index in [9.17, 15) is 14.4 Å². The molecule has 3 atom stereocenters. The van der Waals surface area contributed by atoms with E-state index in [1.165, 1.54) is 5.56 Å². The number of carbonyl (C=O) groups is 2. The molecule has 1 saturated heterocycles. The number of hydrogen-bond donors (Lipinski definition) is 3. The molecule has 1 aliphatic heterocycles. The second-order valence-corrected chi connectivity index (χ2v) is 10.1. The zero-order chi connectivity index (χ0) is 25.9. The van der Waals surface area contributed by atoms with Crippen molar-refractivity contribution < 1.29 is 9.59 Å². The van der Waals surface area contributed by atoms with Crippen molar-refractivity contribution in [1.29, 1.82) is 0 Å². The number of rotatable bonds is 8. The molecule has 0 bridgehead atoms. The van der Waals surface area contributed by atoms with Crippen LogP contribution in [0.3, 0.4) is 0 Å². The van der Waals surface area contributed by atoms with Crippen LogP contribution in [0.15, 0.2) is 77.9 Å². The SMILES string of the molecule is CC(C1CC(c2ccccc2)NN1)N(C)C(=O)c1cn(Cc2ccccc2)cc(C(=O)NC2CC2)c1=O. The third-order valence-corrected chi connectivity index (χ3v) is 7.32. The van der Waals surface area contributed by atoms with E-state index in [1.807, 2.05) is 55.5 Å². The molecule has 2 aliphatic rings. The number of pyridine rings is 1. The summed E-state index contributed by atoms with van der Waals surface area (Å²) in [4.78, 5) is 41.6. The van der Waals surface area contributed by atoms with Gasteiger partial charge in [0.1, 0.15) is 11.1 Å². The molecule has 5 rings (SSSR count). The van der Waals surface area contributed by atoms with Gasteiger partial charge in [-0.15, -0.1) is 0 Å². The zero-order valence-electron chi connectivity index (χ0n) is 21.2. The summed E-state index contributed by atoms with van der Waals surface area (Å²) >= 11 is 0. The molecule has 3 aromatic rings.